The molecule has 1 fully saturated rings. The van der Waals surface area contributed by atoms with Gasteiger partial charge in [0.05, 0.1) is 10.5 Å². The summed E-state index contributed by atoms with van der Waals surface area (Å²) in [5.41, 5.74) is -0.0175. The number of sulfone groups is 1. The first-order valence-electron chi connectivity index (χ1n) is 8.58. The highest BCUT2D eigenvalue weighted by molar-refractivity contribution is 7.90. The first kappa shape index (κ1) is 19.1. The molecule has 0 aromatic heterocycles. The number of allylic oxidation sites excluding steroid dienone is 2. The fraction of sp³-hybridized carbons (Fsp3) is 0.300. The molecule has 0 atom stereocenters. The average Bonchev–Trinajstić information content (AvgIpc) is 3.30. The van der Waals surface area contributed by atoms with Crippen LogP contribution in [0.25, 0.3) is 11.1 Å². The van der Waals surface area contributed by atoms with Crippen molar-refractivity contribution in [3.8, 4) is 0 Å². The summed E-state index contributed by atoms with van der Waals surface area (Å²) in [7, 11) is -3.43. The second kappa shape index (κ2) is 6.14. The SMILES string of the molecule is CS(=O)(=O)c1ccc(C2=C(c3c(F)c(F)c(F)c(F)c3F)CC3(CC3)C2)cc1. The molecular weight excluding hydrogens is 399 g/mol. The van der Waals surface area contributed by atoms with Crippen LogP contribution in [0, 0.1) is 34.5 Å². The Kier molecular flexibility index (Phi) is 4.19. The Morgan fingerprint density at radius 3 is 1.68 bits per heavy atom. The van der Waals surface area contributed by atoms with Gasteiger partial charge >= 0.3 is 0 Å². The van der Waals surface area contributed by atoms with Crippen LogP contribution in [0.1, 0.15) is 36.8 Å². The van der Waals surface area contributed by atoms with Gasteiger partial charge in [-0.25, -0.2) is 30.4 Å². The van der Waals surface area contributed by atoms with Crippen molar-refractivity contribution in [1.29, 1.82) is 0 Å². The van der Waals surface area contributed by atoms with Crippen molar-refractivity contribution in [3.05, 3.63) is 64.5 Å². The molecule has 0 saturated heterocycles. The zero-order chi connectivity index (χ0) is 20.4. The molecule has 2 aromatic rings. The lowest BCUT2D eigenvalue weighted by atomic mass is 9.96. The fourth-order valence-corrected chi connectivity index (χ4v) is 4.48. The first-order valence-corrected chi connectivity index (χ1v) is 10.5. The van der Waals surface area contributed by atoms with Gasteiger partial charge in [-0.15, -0.1) is 0 Å². The van der Waals surface area contributed by atoms with E-state index < -0.39 is 44.5 Å². The molecule has 28 heavy (non-hydrogen) atoms. The quantitative estimate of drug-likeness (QED) is 0.390. The van der Waals surface area contributed by atoms with Crippen molar-refractivity contribution in [2.45, 2.75) is 30.6 Å². The molecule has 2 aliphatic rings. The van der Waals surface area contributed by atoms with E-state index >= 15 is 0 Å². The summed E-state index contributed by atoms with van der Waals surface area (Å²) in [4.78, 5) is 0.0776. The summed E-state index contributed by atoms with van der Waals surface area (Å²) in [6, 6.07) is 5.73. The van der Waals surface area contributed by atoms with E-state index in [4.69, 9.17) is 0 Å². The maximum absolute atomic E-state index is 14.4. The highest BCUT2D eigenvalue weighted by Crippen LogP contribution is 2.63. The van der Waals surface area contributed by atoms with Gasteiger partial charge in [0, 0.05) is 6.26 Å². The molecule has 0 radical (unpaired) electrons. The predicted molar refractivity (Wildman–Crippen MR) is 93.5 cm³/mol. The number of benzene rings is 2. The van der Waals surface area contributed by atoms with Crippen LogP contribution >= 0.6 is 0 Å². The van der Waals surface area contributed by atoms with Gasteiger partial charge < -0.3 is 0 Å². The van der Waals surface area contributed by atoms with Crippen LogP contribution in [0.3, 0.4) is 0 Å². The van der Waals surface area contributed by atoms with Crippen LogP contribution in [-0.4, -0.2) is 14.7 Å². The minimum atomic E-state index is -3.43. The second-order valence-corrected chi connectivity index (χ2v) is 9.57. The van der Waals surface area contributed by atoms with Crippen molar-refractivity contribution >= 4 is 21.0 Å². The molecule has 1 spiro atoms. The molecule has 0 aliphatic heterocycles. The van der Waals surface area contributed by atoms with Crippen LogP contribution in [-0.2, 0) is 9.84 Å². The Morgan fingerprint density at radius 1 is 0.750 bits per heavy atom. The molecule has 148 valence electrons. The molecule has 2 aromatic carbocycles. The Labute approximate surface area is 158 Å². The van der Waals surface area contributed by atoms with Crippen molar-refractivity contribution in [2.24, 2.45) is 5.41 Å². The number of halogens is 5. The summed E-state index contributed by atoms with van der Waals surface area (Å²) in [5.74, 6) is -9.80. The topological polar surface area (TPSA) is 34.1 Å². The fourth-order valence-electron chi connectivity index (χ4n) is 3.84. The minimum absolute atomic E-state index is 0.0776. The third-order valence-electron chi connectivity index (χ3n) is 5.57. The summed E-state index contributed by atoms with van der Waals surface area (Å²) in [5, 5.41) is 0. The lowest BCUT2D eigenvalue weighted by molar-refractivity contribution is 0.376. The van der Waals surface area contributed by atoms with Crippen molar-refractivity contribution in [3.63, 3.8) is 0 Å². The van der Waals surface area contributed by atoms with Crippen LogP contribution in [0.15, 0.2) is 29.2 Å². The standard InChI is InChI=1S/C20H15F5O2S/c1-28(26,27)11-4-2-10(3-5-11)12-8-20(6-7-20)9-13(12)14-15(21)17(23)19(25)18(24)16(14)22/h2-5H,6-9H2,1H3. The normalized spacial score (nSPS) is 18.2. The average molecular weight is 414 g/mol. The smallest absolute Gasteiger partial charge is 0.200 e. The molecule has 0 amide bonds. The van der Waals surface area contributed by atoms with Crippen LogP contribution in [0.5, 0.6) is 0 Å². The monoisotopic (exact) mass is 414 g/mol. The highest BCUT2D eigenvalue weighted by Gasteiger charge is 2.49. The number of rotatable bonds is 3. The molecule has 2 aliphatic carbocycles. The maximum atomic E-state index is 14.4. The molecule has 4 rings (SSSR count). The van der Waals surface area contributed by atoms with E-state index in [-0.39, 0.29) is 22.3 Å². The van der Waals surface area contributed by atoms with Gasteiger partial charge in [0.25, 0.3) is 0 Å². The summed E-state index contributed by atoms with van der Waals surface area (Å²) in [6.45, 7) is 0. The lowest BCUT2D eigenvalue weighted by Crippen LogP contribution is -2.07. The third-order valence-corrected chi connectivity index (χ3v) is 6.70. The van der Waals surface area contributed by atoms with Gasteiger partial charge in [-0.3, -0.25) is 0 Å². The number of hydrogen-bond acceptors (Lipinski definition) is 2. The van der Waals surface area contributed by atoms with Gasteiger partial charge in [0.15, 0.2) is 33.1 Å². The van der Waals surface area contributed by atoms with Gasteiger partial charge in [-0.2, -0.15) is 0 Å². The van der Waals surface area contributed by atoms with Crippen molar-refractivity contribution in [1.82, 2.24) is 0 Å². The minimum Gasteiger partial charge on any atom is -0.224 e. The molecule has 0 unspecified atom stereocenters. The zero-order valence-electron chi connectivity index (χ0n) is 14.8. The van der Waals surface area contributed by atoms with E-state index in [2.05, 4.69) is 0 Å². The Morgan fingerprint density at radius 2 is 1.21 bits per heavy atom. The predicted octanol–water partition coefficient (Wildman–Crippen LogP) is 5.27. The summed E-state index contributed by atoms with van der Waals surface area (Å²) >= 11 is 0. The van der Waals surface area contributed by atoms with Gasteiger partial charge in [0.1, 0.15) is 0 Å². The van der Waals surface area contributed by atoms with Crippen molar-refractivity contribution in [2.75, 3.05) is 6.26 Å². The highest BCUT2D eigenvalue weighted by atomic mass is 32.2. The molecular formula is C20H15F5O2S. The summed E-state index contributed by atoms with van der Waals surface area (Å²) < 4.78 is 92.9. The molecule has 0 heterocycles. The molecule has 1 saturated carbocycles. The summed E-state index contributed by atoms with van der Waals surface area (Å²) in [6.07, 6.45) is 3.32. The Balaban J connectivity index is 1.91. The van der Waals surface area contributed by atoms with E-state index in [1.807, 2.05) is 0 Å². The van der Waals surface area contributed by atoms with E-state index in [1.165, 1.54) is 24.3 Å². The van der Waals surface area contributed by atoms with E-state index in [1.54, 1.807) is 0 Å². The Bertz CT molecular complexity index is 1100. The Hall–Kier alpha value is -2.22. The molecule has 2 nitrogen and oxygen atoms in total. The lowest BCUT2D eigenvalue weighted by Gasteiger charge is -2.12. The van der Waals surface area contributed by atoms with E-state index in [0.29, 0.717) is 17.6 Å². The van der Waals surface area contributed by atoms with Gasteiger partial charge in [-0.05, 0) is 59.9 Å². The van der Waals surface area contributed by atoms with Crippen LogP contribution < -0.4 is 0 Å². The number of hydrogen-bond donors (Lipinski definition) is 0. The second-order valence-electron chi connectivity index (χ2n) is 7.55. The largest absolute Gasteiger partial charge is 0.224 e. The van der Waals surface area contributed by atoms with E-state index in [0.717, 1.165) is 19.1 Å². The molecule has 8 heteroatoms. The van der Waals surface area contributed by atoms with Gasteiger partial charge in [-0.1, -0.05) is 12.1 Å². The van der Waals surface area contributed by atoms with E-state index in [9.17, 15) is 30.4 Å². The van der Waals surface area contributed by atoms with Gasteiger partial charge in [0.2, 0.25) is 5.82 Å². The first-order chi connectivity index (χ1) is 13.0. The van der Waals surface area contributed by atoms with Crippen molar-refractivity contribution < 1.29 is 30.4 Å². The zero-order valence-corrected chi connectivity index (χ0v) is 15.6. The van der Waals surface area contributed by atoms with Crippen LogP contribution in [0.2, 0.25) is 0 Å². The van der Waals surface area contributed by atoms with Crippen LogP contribution in [0.4, 0.5) is 22.0 Å². The molecule has 0 bridgehead atoms. The maximum Gasteiger partial charge on any atom is 0.200 e. The third kappa shape index (κ3) is 2.94. The molecule has 0 N–H and O–H groups in total.